The number of aromatic hydroxyl groups is 1. The average Bonchev–Trinajstić information content (AvgIpc) is 3.83. The van der Waals surface area contributed by atoms with Crippen LogP contribution in [0.25, 0.3) is 10.8 Å². The molecule has 362 valence electrons. The smallest absolute Gasteiger partial charge is 0.160 e. The Bertz CT molecular complexity index is 2500. The Labute approximate surface area is 403 Å². The van der Waals surface area contributed by atoms with Crippen LogP contribution in [0.15, 0.2) is 78.1 Å². The molecule has 2 spiro atoms. The number of allylic oxidation sites excluding steroid dienone is 2. The highest BCUT2D eigenvalue weighted by molar-refractivity contribution is 5.89. The molecule has 8 N–H and O–H groups in total. The fourth-order valence-electron chi connectivity index (χ4n) is 15.6. The second-order valence-electron chi connectivity index (χ2n) is 22.1. The number of hydrogen-bond acceptors (Lipinski definition) is 10. The van der Waals surface area contributed by atoms with Gasteiger partial charge in [-0.25, -0.2) is 0 Å². The Morgan fingerprint density at radius 3 is 2.59 bits per heavy atom. The van der Waals surface area contributed by atoms with Crippen LogP contribution in [0.5, 0.6) is 11.5 Å². The maximum atomic E-state index is 14.8. The summed E-state index contributed by atoms with van der Waals surface area (Å²) in [5, 5.41) is 48.9. The van der Waals surface area contributed by atoms with Crippen molar-refractivity contribution in [1.82, 2.24) is 16.0 Å². The quantitative estimate of drug-likeness (QED) is 0.0940. The molecule has 2 heterocycles. The van der Waals surface area contributed by atoms with E-state index in [0.29, 0.717) is 111 Å². The molecule has 10 nitrogen and oxygen atoms in total. The maximum absolute atomic E-state index is 14.8. The molecule has 10 rings (SSSR count). The van der Waals surface area contributed by atoms with Gasteiger partial charge in [-0.15, -0.1) is 0 Å². The topological polar surface area (TPSA) is 166 Å². The predicted molar refractivity (Wildman–Crippen MR) is 267 cm³/mol. The first kappa shape index (κ1) is 47.0. The summed E-state index contributed by atoms with van der Waals surface area (Å²) in [5.41, 5.74) is 9.22. The summed E-state index contributed by atoms with van der Waals surface area (Å²) in [6, 6.07) is 18.7. The van der Waals surface area contributed by atoms with Crippen LogP contribution in [0, 0.1) is 58.2 Å². The molecule has 3 aromatic carbocycles. The van der Waals surface area contributed by atoms with Crippen LogP contribution >= 0.6 is 0 Å². The fourth-order valence-corrected chi connectivity index (χ4v) is 15.6. The second-order valence-corrected chi connectivity index (χ2v) is 22.1. The van der Waals surface area contributed by atoms with Gasteiger partial charge < -0.3 is 41.7 Å². The van der Waals surface area contributed by atoms with E-state index in [2.05, 4.69) is 71.2 Å². The molecule has 0 aromatic heterocycles. The second kappa shape index (κ2) is 19.6. The van der Waals surface area contributed by atoms with Gasteiger partial charge >= 0.3 is 0 Å². The summed E-state index contributed by atoms with van der Waals surface area (Å²) >= 11 is 0. The molecule has 1 saturated heterocycles. The van der Waals surface area contributed by atoms with Gasteiger partial charge in [-0.2, -0.15) is 0 Å². The Hall–Kier alpha value is -4.66. The molecule has 10 heteroatoms. The van der Waals surface area contributed by atoms with E-state index < -0.39 is 23.5 Å². The minimum Gasteiger partial charge on any atom is -0.504 e. The third kappa shape index (κ3) is 8.80. The molecule has 12 atom stereocenters. The summed E-state index contributed by atoms with van der Waals surface area (Å²) in [7, 11) is 3.62. The number of nitrogens with two attached hydrogens (primary N) is 1. The third-order valence-corrected chi connectivity index (χ3v) is 18.6. The Morgan fingerprint density at radius 2 is 1.81 bits per heavy atom. The molecule has 68 heavy (non-hydrogen) atoms. The average molecular weight is 923 g/mol. The zero-order chi connectivity index (χ0) is 47.2. The fraction of sp³-hybridized carbons (Fsp3) is 0.586. The number of ketones is 2. The standard InChI is InChI=1S/C58H74N4O6/c1-60-33-42-26-48-45-15-14-44(64)31-50(45)62-34-49(48)57(20-5-6-21-57)56(42)41-18-23-58(54(67)28-41)22-17-36(47-32-51(65)52(68-2)27-39(47)12-16-53(58)66)11-13-43(63)30-46(40-19-24-61-55(59)29-40)38-10-9-35-7-3-4-8-37(35)25-38/h3-4,7-10,19,25,27,29,32,36,41-43,45-46,48-50,54,56,60-63,65,67H,5-6,11-16,18,20-21,23-24,26,28,30-31,33-34,59H2,1-2H3. The molecule has 2 aliphatic heterocycles. The Kier molecular flexibility index (Phi) is 13.6. The van der Waals surface area contributed by atoms with Crippen LogP contribution in [-0.4, -0.2) is 78.9 Å². The molecule has 5 fully saturated rings. The number of carbonyl (C=O) groups is 2. The van der Waals surface area contributed by atoms with Gasteiger partial charge in [0.15, 0.2) is 17.3 Å². The number of nitrogens with one attached hydrogen (secondary N) is 3. The number of aryl methyl sites for hydroxylation is 1. The number of aliphatic hydroxyl groups excluding tert-OH is 2. The van der Waals surface area contributed by atoms with E-state index in [1.54, 1.807) is 6.07 Å². The summed E-state index contributed by atoms with van der Waals surface area (Å²) in [4.78, 5) is 27.4. The number of carbonyl (C=O) groups excluding carboxylic acids is 2. The summed E-state index contributed by atoms with van der Waals surface area (Å²) in [5.74, 6) is 10.9. The highest BCUT2D eigenvalue weighted by atomic mass is 16.5. The zero-order valence-corrected chi connectivity index (χ0v) is 40.3. The number of piperidine rings is 1. The van der Waals surface area contributed by atoms with Gasteiger partial charge in [-0.05, 0) is 183 Å². The van der Waals surface area contributed by atoms with Gasteiger partial charge in [-0.3, -0.25) is 9.59 Å². The summed E-state index contributed by atoms with van der Waals surface area (Å²) in [6.45, 7) is 2.54. The lowest BCUT2D eigenvalue weighted by molar-refractivity contribution is -0.148. The van der Waals surface area contributed by atoms with Crippen molar-refractivity contribution in [1.29, 1.82) is 0 Å². The van der Waals surface area contributed by atoms with Crippen LogP contribution in [0.1, 0.15) is 125 Å². The van der Waals surface area contributed by atoms with E-state index in [1.165, 1.54) is 32.8 Å². The summed E-state index contributed by atoms with van der Waals surface area (Å²) < 4.78 is 5.58. The van der Waals surface area contributed by atoms with Crippen LogP contribution in [0.4, 0.5) is 0 Å². The number of rotatable bonds is 11. The predicted octanol–water partition coefficient (Wildman–Crippen LogP) is 7.94. The van der Waals surface area contributed by atoms with Crippen LogP contribution in [0.3, 0.4) is 0 Å². The molecule has 12 unspecified atom stereocenters. The lowest BCUT2D eigenvalue weighted by atomic mass is 9.44. The molecule has 0 amide bonds. The highest BCUT2D eigenvalue weighted by Gasteiger charge is 2.62. The number of phenols is 1. The molecule has 7 aliphatic rings. The van der Waals surface area contributed by atoms with Crippen molar-refractivity contribution in [2.45, 2.75) is 133 Å². The Balaban J connectivity index is 0.927. The number of hydrogen-bond donors (Lipinski definition) is 7. The van der Waals surface area contributed by atoms with Crippen molar-refractivity contribution in [3.05, 3.63) is 94.8 Å². The van der Waals surface area contributed by atoms with Gasteiger partial charge in [0.25, 0.3) is 0 Å². The molecule has 3 aromatic rings. The van der Waals surface area contributed by atoms with E-state index in [9.17, 15) is 24.9 Å². The first-order valence-electron chi connectivity index (χ1n) is 26.1. The molecule has 0 bridgehead atoms. The van der Waals surface area contributed by atoms with E-state index in [1.807, 2.05) is 24.3 Å². The van der Waals surface area contributed by atoms with Crippen molar-refractivity contribution in [3.63, 3.8) is 0 Å². The summed E-state index contributed by atoms with van der Waals surface area (Å²) in [6.07, 6.45) is 15.0. The van der Waals surface area contributed by atoms with Crippen molar-refractivity contribution in [2.75, 3.05) is 33.8 Å². The molecule has 4 saturated carbocycles. The highest BCUT2D eigenvalue weighted by Crippen LogP contribution is 2.65. The Morgan fingerprint density at radius 1 is 0.985 bits per heavy atom. The number of phenolic OH excluding ortho intramolecular Hbond substituents is 1. The number of aliphatic hydroxyl groups is 2. The molecule has 0 radical (unpaired) electrons. The SMILES string of the molecule is CNCC1CC2C3CCC(=O)CC3NCC2C2(CCCC2)C1C1CCC2(C#CC(CCC(O)CC(C3=CCNC(N)=C3)c3ccc4ccccc4c3)c3cc(O)c(OC)cc3CCC2=O)C(O)C1. The van der Waals surface area contributed by atoms with E-state index >= 15 is 0 Å². The first-order valence-corrected chi connectivity index (χ1v) is 26.1. The van der Waals surface area contributed by atoms with Crippen molar-refractivity contribution in [3.8, 4) is 23.3 Å². The van der Waals surface area contributed by atoms with Crippen molar-refractivity contribution < 1.29 is 29.6 Å². The van der Waals surface area contributed by atoms with E-state index in [4.69, 9.17) is 10.5 Å². The lowest BCUT2D eigenvalue weighted by Crippen LogP contribution is -2.64. The van der Waals surface area contributed by atoms with Crippen molar-refractivity contribution in [2.24, 2.45) is 52.1 Å². The van der Waals surface area contributed by atoms with Gasteiger partial charge in [0.05, 0.1) is 25.1 Å². The number of dihydropyridines is 1. The molecule has 5 aliphatic carbocycles. The minimum absolute atomic E-state index is 0.00383. The largest absolute Gasteiger partial charge is 0.504 e. The minimum atomic E-state index is -1.19. The number of fused-ring (bicyclic) bond motifs is 6. The van der Waals surface area contributed by atoms with Gasteiger partial charge in [0.1, 0.15) is 11.2 Å². The lowest BCUT2D eigenvalue weighted by Gasteiger charge is -2.63. The molecular weight excluding hydrogens is 849 g/mol. The number of methoxy groups -OCH3 is 1. The number of Topliss-reactive ketones (excluding diaryl/α,β-unsaturated/α-hetero) is 2. The van der Waals surface area contributed by atoms with Crippen LogP contribution in [0.2, 0.25) is 0 Å². The molecular formula is C58H74N4O6. The normalized spacial score (nSPS) is 33.0. The zero-order valence-electron chi connectivity index (χ0n) is 40.3. The van der Waals surface area contributed by atoms with Crippen LogP contribution < -0.4 is 26.4 Å². The van der Waals surface area contributed by atoms with Crippen LogP contribution in [-0.2, 0) is 16.0 Å². The van der Waals surface area contributed by atoms with Crippen molar-refractivity contribution >= 4 is 22.3 Å². The first-order chi connectivity index (χ1) is 33.0. The third-order valence-electron chi connectivity index (χ3n) is 18.6. The monoisotopic (exact) mass is 923 g/mol. The van der Waals surface area contributed by atoms with E-state index in [0.717, 1.165) is 65.4 Å². The van der Waals surface area contributed by atoms with E-state index in [-0.39, 0.29) is 35.2 Å². The van der Waals surface area contributed by atoms with Gasteiger partial charge in [-0.1, -0.05) is 73.2 Å². The van der Waals surface area contributed by atoms with Gasteiger partial charge in [0, 0.05) is 43.7 Å². The van der Waals surface area contributed by atoms with Gasteiger partial charge in [0.2, 0.25) is 0 Å². The number of ether oxygens (including phenoxy) is 1. The number of benzene rings is 3. The maximum Gasteiger partial charge on any atom is 0.160 e.